The minimum absolute atomic E-state index is 0. The molecule has 0 saturated carbocycles. The lowest BCUT2D eigenvalue weighted by atomic mass is 9.98. The zero-order chi connectivity index (χ0) is 15.5. The summed E-state index contributed by atoms with van der Waals surface area (Å²) in [5.74, 6) is -0.271. The number of hydrogen-bond acceptors (Lipinski definition) is 4. The van der Waals surface area contributed by atoms with Gasteiger partial charge in [0.15, 0.2) is 0 Å². The lowest BCUT2D eigenvalue weighted by Crippen LogP contribution is -2.45. The summed E-state index contributed by atoms with van der Waals surface area (Å²) in [7, 11) is 0. The summed E-state index contributed by atoms with van der Waals surface area (Å²) >= 11 is 0. The number of halogens is 4. The SMILES string of the molecule is Cl.Oc1ccc([C@@H](CCC(F)(F)F)N2CCNCC2)c(O)c1. The lowest BCUT2D eigenvalue weighted by Gasteiger charge is -2.35. The molecule has 3 N–H and O–H groups in total. The van der Waals surface area contributed by atoms with Crippen molar-refractivity contribution in [1.82, 2.24) is 10.2 Å². The number of phenols is 2. The first-order chi connectivity index (χ1) is 9.87. The minimum atomic E-state index is -4.22. The van der Waals surface area contributed by atoms with Crippen LogP contribution in [0.2, 0.25) is 0 Å². The van der Waals surface area contributed by atoms with Gasteiger partial charge in [-0.2, -0.15) is 13.2 Å². The first-order valence-corrected chi connectivity index (χ1v) is 6.90. The summed E-state index contributed by atoms with van der Waals surface area (Å²) in [5, 5.41) is 22.4. The van der Waals surface area contributed by atoms with Crippen molar-refractivity contribution in [2.75, 3.05) is 26.2 Å². The van der Waals surface area contributed by atoms with Crippen molar-refractivity contribution in [3.05, 3.63) is 23.8 Å². The Kier molecular flexibility index (Phi) is 6.77. The van der Waals surface area contributed by atoms with Crippen molar-refractivity contribution in [1.29, 1.82) is 0 Å². The predicted molar refractivity (Wildman–Crippen MR) is 79.5 cm³/mol. The summed E-state index contributed by atoms with van der Waals surface area (Å²) in [6.07, 6.45) is -5.23. The lowest BCUT2D eigenvalue weighted by molar-refractivity contribution is -0.138. The van der Waals surface area contributed by atoms with Gasteiger partial charge in [-0.15, -0.1) is 12.4 Å². The summed E-state index contributed by atoms with van der Waals surface area (Å²) in [6, 6.07) is 3.54. The van der Waals surface area contributed by atoms with Crippen LogP contribution in [0.1, 0.15) is 24.4 Å². The van der Waals surface area contributed by atoms with E-state index in [0.29, 0.717) is 31.7 Å². The molecule has 1 aliphatic rings. The van der Waals surface area contributed by atoms with Crippen LogP contribution < -0.4 is 5.32 Å². The van der Waals surface area contributed by atoms with E-state index in [9.17, 15) is 23.4 Å². The summed E-state index contributed by atoms with van der Waals surface area (Å²) in [6.45, 7) is 2.68. The largest absolute Gasteiger partial charge is 0.508 e. The average molecular weight is 341 g/mol. The maximum atomic E-state index is 12.5. The Balaban J connectivity index is 0.00000242. The number of alkyl halides is 3. The molecule has 1 aromatic rings. The number of benzene rings is 1. The molecule has 0 unspecified atom stereocenters. The number of rotatable bonds is 4. The van der Waals surface area contributed by atoms with Crippen LogP contribution >= 0.6 is 12.4 Å². The number of phenolic OH excluding ortho intramolecular Hbond substituents is 2. The van der Waals surface area contributed by atoms with Gasteiger partial charge in [0.1, 0.15) is 11.5 Å². The van der Waals surface area contributed by atoms with Gasteiger partial charge in [-0.25, -0.2) is 0 Å². The van der Waals surface area contributed by atoms with E-state index in [1.807, 2.05) is 4.90 Å². The van der Waals surface area contributed by atoms with Crippen LogP contribution in [0.3, 0.4) is 0 Å². The second kappa shape index (κ2) is 7.89. The highest BCUT2D eigenvalue weighted by atomic mass is 35.5. The summed E-state index contributed by atoms with van der Waals surface area (Å²) in [4.78, 5) is 1.94. The quantitative estimate of drug-likeness (QED) is 0.789. The fourth-order valence-corrected chi connectivity index (χ4v) is 2.64. The fraction of sp³-hybridized carbons (Fsp3) is 0.571. The zero-order valence-corrected chi connectivity index (χ0v) is 12.8. The Morgan fingerprint density at radius 3 is 2.36 bits per heavy atom. The van der Waals surface area contributed by atoms with E-state index >= 15 is 0 Å². The topological polar surface area (TPSA) is 55.7 Å². The van der Waals surface area contributed by atoms with Gasteiger partial charge in [-0.1, -0.05) is 6.07 Å². The van der Waals surface area contributed by atoms with E-state index in [4.69, 9.17) is 0 Å². The van der Waals surface area contributed by atoms with Crippen molar-refractivity contribution < 1.29 is 23.4 Å². The van der Waals surface area contributed by atoms with Crippen LogP contribution in [-0.4, -0.2) is 47.5 Å². The van der Waals surface area contributed by atoms with Gasteiger partial charge in [0.2, 0.25) is 0 Å². The predicted octanol–water partition coefficient (Wildman–Crippen LogP) is 2.81. The number of hydrogen-bond donors (Lipinski definition) is 3. The van der Waals surface area contributed by atoms with E-state index in [1.54, 1.807) is 0 Å². The number of piperazine rings is 1. The first kappa shape index (κ1) is 18.9. The average Bonchev–Trinajstić information content (AvgIpc) is 2.41. The molecule has 0 aliphatic carbocycles. The Hall–Kier alpha value is -1.18. The maximum absolute atomic E-state index is 12.5. The van der Waals surface area contributed by atoms with E-state index in [2.05, 4.69) is 5.32 Å². The van der Waals surface area contributed by atoms with Gasteiger partial charge in [0, 0.05) is 50.3 Å². The second-order valence-corrected chi connectivity index (χ2v) is 5.20. The van der Waals surface area contributed by atoms with Gasteiger partial charge in [-0.05, 0) is 12.5 Å². The van der Waals surface area contributed by atoms with Crippen molar-refractivity contribution in [2.45, 2.75) is 25.1 Å². The molecule has 8 heteroatoms. The molecule has 4 nitrogen and oxygen atoms in total. The van der Waals surface area contributed by atoms with Crippen molar-refractivity contribution >= 4 is 12.4 Å². The van der Waals surface area contributed by atoms with Gasteiger partial charge < -0.3 is 15.5 Å². The third kappa shape index (κ3) is 5.23. The van der Waals surface area contributed by atoms with Gasteiger partial charge in [0.25, 0.3) is 0 Å². The smallest absolute Gasteiger partial charge is 0.389 e. The van der Waals surface area contributed by atoms with Crippen LogP contribution in [-0.2, 0) is 0 Å². The standard InChI is InChI=1S/C14H19F3N2O2.ClH/c15-14(16,17)4-3-12(19-7-5-18-6-8-19)11-2-1-10(20)9-13(11)21;/h1-2,9,12,18,20-21H,3-8H2;1H/t12-;/m1./s1. The molecule has 1 saturated heterocycles. The highest BCUT2D eigenvalue weighted by Crippen LogP contribution is 2.36. The van der Waals surface area contributed by atoms with Crippen LogP contribution in [0.5, 0.6) is 11.5 Å². The van der Waals surface area contributed by atoms with Gasteiger partial charge in [0.05, 0.1) is 0 Å². The third-order valence-electron chi connectivity index (χ3n) is 3.67. The molecule has 0 radical (unpaired) electrons. The van der Waals surface area contributed by atoms with Crippen molar-refractivity contribution in [2.24, 2.45) is 0 Å². The van der Waals surface area contributed by atoms with E-state index in [1.165, 1.54) is 12.1 Å². The third-order valence-corrected chi connectivity index (χ3v) is 3.67. The molecule has 2 rings (SSSR count). The molecule has 1 aromatic carbocycles. The molecule has 126 valence electrons. The van der Waals surface area contributed by atoms with E-state index in [0.717, 1.165) is 6.07 Å². The van der Waals surface area contributed by atoms with E-state index in [-0.39, 0.29) is 30.3 Å². The molecule has 0 amide bonds. The number of aromatic hydroxyl groups is 2. The van der Waals surface area contributed by atoms with Crippen molar-refractivity contribution in [3.8, 4) is 11.5 Å². The Labute approximate surface area is 133 Å². The monoisotopic (exact) mass is 340 g/mol. The van der Waals surface area contributed by atoms with Crippen LogP contribution in [0.4, 0.5) is 13.2 Å². The zero-order valence-electron chi connectivity index (χ0n) is 11.9. The molecule has 0 aromatic heterocycles. The molecule has 1 heterocycles. The Morgan fingerprint density at radius 2 is 1.82 bits per heavy atom. The molecule has 0 bridgehead atoms. The number of nitrogens with one attached hydrogen (secondary N) is 1. The van der Waals surface area contributed by atoms with Crippen LogP contribution in [0, 0.1) is 0 Å². The molecule has 0 spiro atoms. The summed E-state index contributed by atoms with van der Waals surface area (Å²) < 4.78 is 37.6. The van der Waals surface area contributed by atoms with Crippen molar-refractivity contribution in [3.63, 3.8) is 0 Å². The van der Waals surface area contributed by atoms with Crippen LogP contribution in [0.15, 0.2) is 18.2 Å². The second-order valence-electron chi connectivity index (χ2n) is 5.20. The molecular weight excluding hydrogens is 321 g/mol. The first-order valence-electron chi connectivity index (χ1n) is 6.90. The molecule has 22 heavy (non-hydrogen) atoms. The Bertz CT molecular complexity index is 480. The molecule has 1 atom stereocenters. The van der Waals surface area contributed by atoms with Gasteiger partial charge in [-0.3, -0.25) is 4.90 Å². The van der Waals surface area contributed by atoms with Crippen LogP contribution in [0.25, 0.3) is 0 Å². The fourth-order valence-electron chi connectivity index (χ4n) is 2.64. The van der Waals surface area contributed by atoms with Gasteiger partial charge >= 0.3 is 6.18 Å². The molecular formula is C14H20ClF3N2O2. The summed E-state index contributed by atoms with van der Waals surface area (Å²) in [5.41, 5.74) is 0.430. The normalized spacial score (nSPS) is 17.8. The maximum Gasteiger partial charge on any atom is 0.389 e. The number of nitrogens with zero attached hydrogens (tertiary/aromatic N) is 1. The Morgan fingerprint density at radius 1 is 1.18 bits per heavy atom. The highest BCUT2D eigenvalue weighted by Gasteiger charge is 2.32. The highest BCUT2D eigenvalue weighted by molar-refractivity contribution is 5.85. The molecule has 1 aliphatic heterocycles. The molecule has 1 fully saturated rings. The minimum Gasteiger partial charge on any atom is -0.508 e. The van der Waals surface area contributed by atoms with E-state index < -0.39 is 18.6 Å².